The lowest BCUT2D eigenvalue weighted by Crippen LogP contribution is -2.52. The van der Waals surface area contributed by atoms with E-state index in [9.17, 15) is 4.79 Å². The summed E-state index contributed by atoms with van der Waals surface area (Å²) in [6.45, 7) is 5.79. The Morgan fingerprint density at radius 3 is 3.11 bits per heavy atom. The summed E-state index contributed by atoms with van der Waals surface area (Å²) in [5.41, 5.74) is 0. The molecule has 1 amide bonds. The number of rotatable bonds is 2. The first kappa shape index (κ1) is 11.6. The number of nitrogens with one attached hydrogen (secondary N) is 1. The lowest BCUT2D eigenvalue weighted by Gasteiger charge is -2.36. The Hall–Kier alpha value is -1.43. The van der Waals surface area contributed by atoms with Crippen LogP contribution in [0.5, 0.6) is 0 Å². The van der Waals surface area contributed by atoms with Gasteiger partial charge in [-0.1, -0.05) is 6.92 Å². The van der Waals surface area contributed by atoms with Crippen LogP contribution in [0.2, 0.25) is 0 Å². The molecule has 18 heavy (non-hydrogen) atoms. The van der Waals surface area contributed by atoms with Crippen molar-refractivity contribution in [2.45, 2.75) is 32.2 Å². The van der Waals surface area contributed by atoms with Crippen LogP contribution < -0.4 is 0 Å². The molecule has 0 aliphatic carbocycles. The number of carbonyl (C=O) groups excluding carboxylic acids is 1. The number of nitrogens with zero attached hydrogens (tertiary/aromatic N) is 4. The molecule has 2 aliphatic heterocycles. The van der Waals surface area contributed by atoms with E-state index in [0.717, 1.165) is 31.9 Å². The van der Waals surface area contributed by atoms with Gasteiger partial charge in [0.25, 0.3) is 5.91 Å². The highest BCUT2D eigenvalue weighted by molar-refractivity contribution is 5.90. The van der Waals surface area contributed by atoms with E-state index in [4.69, 9.17) is 0 Å². The topological polar surface area (TPSA) is 65.1 Å². The molecule has 1 N–H and O–H groups in total. The molecule has 98 valence electrons. The van der Waals surface area contributed by atoms with Crippen LogP contribution >= 0.6 is 0 Å². The Kier molecular flexibility index (Phi) is 3.03. The van der Waals surface area contributed by atoms with Crippen molar-refractivity contribution in [3.8, 4) is 0 Å². The third kappa shape index (κ3) is 2.01. The van der Waals surface area contributed by atoms with Crippen molar-refractivity contribution in [2.24, 2.45) is 0 Å². The fraction of sp³-hybridized carbons (Fsp3) is 0.750. The smallest absolute Gasteiger partial charge is 0.293 e. The number of piperazine rings is 1. The number of hydrogen-bond donors (Lipinski definition) is 1. The van der Waals surface area contributed by atoms with Gasteiger partial charge in [0.2, 0.25) is 5.82 Å². The summed E-state index contributed by atoms with van der Waals surface area (Å²) in [5, 5.41) is 6.81. The standard InChI is InChI=1S/C12H19N5O/c1-2-10-13-11(15-14-10)12(18)17-7-6-16-5-3-4-9(16)8-17/h9H,2-8H2,1H3,(H,13,14,15). The molecule has 1 unspecified atom stereocenters. The highest BCUT2D eigenvalue weighted by Crippen LogP contribution is 2.22. The van der Waals surface area contributed by atoms with Gasteiger partial charge in [-0.15, -0.1) is 5.10 Å². The zero-order chi connectivity index (χ0) is 12.5. The monoisotopic (exact) mass is 249 g/mol. The van der Waals surface area contributed by atoms with E-state index in [1.54, 1.807) is 0 Å². The van der Waals surface area contributed by atoms with Gasteiger partial charge >= 0.3 is 0 Å². The van der Waals surface area contributed by atoms with Gasteiger partial charge in [-0.2, -0.15) is 0 Å². The van der Waals surface area contributed by atoms with Crippen molar-refractivity contribution in [1.29, 1.82) is 0 Å². The predicted octanol–water partition coefficient (Wildman–Crippen LogP) is 0.287. The number of aryl methyl sites for hydroxylation is 1. The SMILES string of the molecule is CCc1nc(C(=O)N2CCN3CCCC3C2)n[nH]1. The molecule has 0 spiro atoms. The maximum Gasteiger partial charge on any atom is 0.293 e. The second kappa shape index (κ2) is 4.68. The Morgan fingerprint density at radius 2 is 2.33 bits per heavy atom. The Morgan fingerprint density at radius 1 is 1.44 bits per heavy atom. The second-order valence-electron chi connectivity index (χ2n) is 5.04. The fourth-order valence-electron chi connectivity index (χ4n) is 2.87. The van der Waals surface area contributed by atoms with Gasteiger partial charge in [0.05, 0.1) is 0 Å². The first-order chi connectivity index (χ1) is 8.78. The zero-order valence-electron chi connectivity index (χ0n) is 10.7. The minimum Gasteiger partial charge on any atom is -0.333 e. The van der Waals surface area contributed by atoms with Crippen molar-refractivity contribution >= 4 is 5.91 Å². The normalized spacial score (nSPS) is 24.3. The maximum atomic E-state index is 12.3. The van der Waals surface area contributed by atoms with Crippen LogP contribution in [0.15, 0.2) is 0 Å². The molecule has 0 bridgehead atoms. The summed E-state index contributed by atoms with van der Waals surface area (Å²) in [6, 6.07) is 0.548. The molecule has 0 aromatic carbocycles. The average molecular weight is 249 g/mol. The molecule has 1 aromatic heterocycles. The molecule has 1 aromatic rings. The number of aromatic amines is 1. The van der Waals surface area contributed by atoms with Gasteiger partial charge in [0.1, 0.15) is 5.82 Å². The average Bonchev–Trinajstić information content (AvgIpc) is 3.05. The van der Waals surface area contributed by atoms with Gasteiger partial charge in [-0.3, -0.25) is 14.8 Å². The van der Waals surface area contributed by atoms with Gasteiger partial charge < -0.3 is 4.90 Å². The van der Waals surface area contributed by atoms with Gasteiger partial charge in [-0.25, -0.2) is 4.98 Å². The number of aromatic nitrogens is 3. The molecule has 3 heterocycles. The van der Waals surface area contributed by atoms with Crippen LogP contribution in [0.25, 0.3) is 0 Å². The van der Waals surface area contributed by atoms with Crippen molar-refractivity contribution in [2.75, 3.05) is 26.2 Å². The molecular formula is C12H19N5O. The summed E-state index contributed by atoms with van der Waals surface area (Å²) in [4.78, 5) is 20.9. The zero-order valence-corrected chi connectivity index (χ0v) is 10.7. The molecule has 0 saturated carbocycles. The molecule has 6 heteroatoms. The third-order valence-electron chi connectivity index (χ3n) is 3.93. The molecule has 6 nitrogen and oxygen atoms in total. The van der Waals surface area contributed by atoms with Gasteiger partial charge in [0.15, 0.2) is 0 Å². The highest BCUT2D eigenvalue weighted by atomic mass is 16.2. The first-order valence-corrected chi connectivity index (χ1v) is 6.72. The van der Waals surface area contributed by atoms with E-state index in [1.807, 2.05) is 11.8 Å². The quantitative estimate of drug-likeness (QED) is 0.818. The number of amides is 1. The third-order valence-corrected chi connectivity index (χ3v) is 3.93. The summed E-state index contributed by atoms with van der Waals surface area (Å²) < 4.78 is 0. The minimum absolute atomic E-state index is 0.0301. The number of carbonyl (C=O) groups is 1. The number of fused-ring (bicyclic) bond motifs is 1. The predicted molar refractivity (Wildman–Crippen MR) is 66.3 cm³/mol. The van der Waals surface area contributed by atoms with E-state index >= 15 is 0 Å². The van der Waals surface area contributed by atoms with Gasteiger partial charge in [-0.05, 0) is 19.4 Å². The van der Waals surface area contributed by atoms with Crippen molar-refractivity contribution < 1.29 is 4.79 Å². The molecular weight excluding hydrogens is 230 g/mol. The minimum atomic E-state index is -0.0301. The fourth-order valence-corrected chi connectivity index (χ4v) is 2.87. The van der Waals surface area contributed by atoms with E-state index in [-0.39, 0.29) is 5.91 Å². The molecule has 1 atom stereocenters. The van der Waals surface area contributed by atoms with Crippen LogP contribution in [0.1, 0.15) is 36.2 Å². The molecule has 0 radical (unpaired) electrons. The van der Waals surface area contributed by atoms with Crippen molar-refractivity contribution in [3.05, 3.63) is 11.6 Å². The first-order valence-electron chi connectivity index (χ1n) is 6.72. The van der Waals surface area contributed by atoms with Crippen LogP contribution in [0, 0.1) is 0 Å². The van der Waals surface area contributed by atoms with Crippen LogP contribution in [-0.4, -0.2) is 63.1 Å². The molecule has 2 saturated heterocycles. The number of H-pyrrole nitrogens is 1. The second-order valence-corrected chi connectivity index (χ2v) is 5.04. The van der Waals surface area contributed by atoms with Crippen LogP contribution in [0.4, 0.5) is 0 Å². The Bertz CT molecular complexity index is 443. The van der Waals surface area contributed by atoms with Crippen LogP contribution in [0.3, 0.4) is 0 Å². The Balaban J connectivity index is 1.69. The lowest BCUT2D eigenvalue weighted by molar-refractivity contribution is 0.0560. The van der Waals surface area contributed by atoms with Crippen LogP contribution in [-0.2, 0) is 6.42 Å². The molecule has 3 rings (SSSR count). The summed E-state index contributed by atoms with van der Waals surface area (Å²) >= 11 is 0. The van der Waals surface area contributed by atoms with E-state index < -0.39 is 0 Å². The summed E-state index contributed by atoms with van der Waals surface area (Å²) in [5.74, 6) is 1.06. The van der Waals surface area contributed by atoms with E-state index in [2.05, 4.69) is 20.1 Å². The van der Waals surface area contributed by atoms with E-state index in [1.165, 1.54) is 19.4 Å². The largest absolute Gasteiger partial charge is 0.333 e. The Labute approximate surface area is 106 Å². The van der Waals surface area contributed by atoms with E-state index in [0.29, 0.717) is 11.9 Å². The molecule has 2 aliphatic rings. The van der Waals surface area contributed by atoms with Gasteiger partial charge in [0, 0.05) is 32.1 Å². The van der Waals surface area contributed by atoms with Crippen molar-refractivity contribution in [3.63, 3.8) is 0 Å². The lowest BCUT2D eigenvalue weighted by atomic mass is 10.1. The highest BCUT2D eigenvalue weighted by Gasteiger charge is 2.33. The molecule has 2 fully saturated rings. The summed E-state index contributed by atoms with van der Waals surface area (Å²) in [7, 11) is 0. The summed E-state index contributed by atoms with van der Waals surface area (Å²) in [6.07, 6.45) is 3.24. The van der Waals surface area contributed by atoms with Crippen molar-refractivity contribution in [1.82, 2.24) is 25.0 Å². The maximum absolute atomic E-state index is 12.3. The number of hydrogen-bond acceptors (Lipinski definition) is 4.